The van der Waals surface area contributed by atoms with Gasteiger partial charge in [-0.25, -0.2) is 24.0 Å². The van der Waals surface area contributed by atoms with Crippen LogP contribution in [0.4, 0.5) is 24.0 Å². The molecular formula is C68H150BN14O13S. The normalized spacial score (nSPS) is 19.5. The van der Waals surface area contributed by atoms with Crippen molar-refractivity contribution in [3.63, 3.8) is 0 Å². The quantitative estimate of drug-likeness (QED) is 0.0640. The number of piperidine rings is 3. The number of ether oxygens (including phenoxy) is 5. The third-order valence-electron chi connectivity index (χ3n) is 12.4. The van der Waals surface area contributed by atoms with Gasteiger partial charge < -0.3 is 105 Å². The van der Waals surface area contributed by atoms with Crippen molar-refractivity contribution in [2.75, 3.05) is 84.5 Å². The van der Waals surface area contributed by atoms with E-state index in [1.165, 1.54) is 12.8 Å². The van der Waals surface area contributed by atoms with Crippen LogP contribution in [0.3, 0.4) is 0 Å². The second kappa shape index (κ2) is 61.3. The second-order valence-corrected chi connectivity index (χ2v) is 29.1. The van der Waals surface area contributed by atoms with Crippen molar-refractivity contribution >= 4 is 62.5 Å². The van der Waals surface area contributed by atoms with Gasteiger partial charge in [0.25, 0.3) is 0 Å². The zero-order valence-electron chi connectivity index (χ0n) is 60.8. The van der Waals surface area contributed by atoms with E-state index < -0.39 is 52.2 Å². The summed E-state index contributed by atoms with van der Waals surface area (Å²) in [6.45, 7) is 39.3. The number of hydrogen-bond donors (Lipinski definition) is 15. The molecule has 579 valence electrons. The predicted molar refractivity (Wildman–Crippen MR) is 404 cm³/mol. The molecule has 97 heavy (non-hydrogen) atoms. The van der Waals surface area contributed by atoms with Gasteiger partial charge >= 0.3 is 36.4 Å². The lowest BCUT2D eigenvalue weighted by molar-refractivity contribution is -0.138. The van der Waals surface area contributed by atoms with Gasteiger partial charge in [0.05, 0.1) is 0 Å². The lowest BCUT2D eigenvalue weighted by Gasteiger charge is -2.26. The van der Waals surface area contributed by atoms with Gasteiger partial charge in [0.1, 0.15) is 40.1 Å². The summed E-state index contributed by atoms with van der Waals surface area (Å²) in [4.78, 5) is 78.4. The second-order valence-electron chi connectivity index (χ2n) is 28.3. The molecule has 5 aliphatic heterocycles. The molecule has 19 N–H and O–H groups in total. The fraction of sp³-hybridized carbons (Fsp3) is 0.897. The number of hydrogen-bond acceptors (Lipinski definition) is 21. The summed E-state index contributed by atoms with van der Waals surface area (Å²) in [5.41, 5.74) is 18.7. The number of aliphatic carboxylic acids is 1. The fourth-order valence-corrected chi connectivity index (χ4v) is 8.39. The van der Waals surface area contributed by atoms with E-state index in [1.807, 2.05) is 103 Å². The number of carboxylic acids is 1. The maximum absolute atomic E-state index is 11.5. The van der Waals surface area contributed by atoms with E-state index in [0.29, 0.717) is 38.4 Å². The first kappa shape index (κ1) is 108. The zero-order valence-corrected chi connectivity index (χ0v) is 61.6. The standard InChI is InChI=1S/2C11H22N2O2.C10H18N2O3.2C10H20N2O2.C5H12N2O2.C5H14N2.C2H6S.4CH4.B/c2*1-11(2,3)15-10(14)13-9-6-4-5-7-12-8-9;1-10(2,3)15-9(14)12-7-5-4-6-11-8(7)13;2*1-10(2,3)14-9(13)12-8-5-4-6-11-7-8;6-3-1-2-4(7)5(8)9;1-5(7)3-2-4-6;1-3-2;;;;;/h2*9,12H,4-8H2,1-3H3,(H,13,14);7H,4-6H2,1-3H3,(H,11,13)(H,12,14);2*8,11H,4-7H2,1-3H3,(H,12,13);4H,1-3,6-7H2,(H,8,9);5H,2-4,6-7H2,1H3;1-2H3;4*1H4;/t2*9-;;2*8-;;;;;;;;/m10.10......../s1. The summed E-state index contributed by atoms with van der Waals surface area (Å²) in [6.07, 6.45) is 18.2. The van der Waals surface area contributed by atoms with E-state index in [1.54, 1.807) is 32.5 Å². The molecule has 3 radical (unpaired) electrons. The van der Waals surface area contributed by atoms with Crippen LogP contribution in [0.1, 0.15) is 243 Å². The third-order valence-corrected chi connectivity index (χ3v) is 12.4. The molecule has 5 rings (SSSR count). The van der Waals surface area contributed by atoms with Crippen LogP contribution < -0.4 is 76.1 Å². The van der Waals surface area contributed by atoms with Crippen molar-refractivity contribution < 1.29 is 62.4 Å². The van der Waals surface area contributed by atoms with Gasteiger partial charge in [-0.1, -0.05) is 42.5 Å². The van der Waals surface area contributed by atoms with Crippen LogP contribution in [0.25, 0.3) is 0 Å². The van der Waals surface area contributed by atoms with Gasteiger partial charge in [0.15, 0.2) is 0 Å². The molecule has 7 atom stereocenters. The average Bonchev–Trinajstić information content (AvgIpc) is 1.27. The largest absolute Gasteiger partial charge is 0.480 e. The highest BCUT2D eigenvalue weighted by molar-refractivity contribution is 7.97. The molecule has 0 aromatic heterocycles. The summed E-state index contributed by atoms with van der Waals surface area (Å²) in [7, 11) is 0. The molecular weight excluding hydrogens is 1260 g/mol. The highest BCUT2D eigenvalue weighted by atomic mass is 32.2. The van der Waals surface area contributed by atoms with Crippen molar-refractivity contribution in [2.45, 2.75) is 314 Å². The van der Waals surface area contributed by atoms with Crippen LogP contribution in [-0.4, -0.2) is 211 Å². The minimum Gasteiger partial charge on any atom is -0.480 e. The van der Waals surface area contributed by atoms with E-state index in [4.69, 9.17) is 51.7 Å². The Balaban J connectivity index is -0.000000158. The summed E-state index contributed by atoms with van der Waals surface area (Å²) >= 11 is 1.75. The summed E-state index contributed by atoms with van der Waals surface area (Å²) in [6, 6.07) is -0.00685. The van der Waals surface area contributed by atoms with E-state index in [-0.39, 0.29) is 92.6 Å². The summed E-state index contributed by atoms with van der Waals surface area (Å²) in [5, 5.41) is 38.0. The van der Waals surface area contributed by atoms with E-state index in [9.17, 15) is 33.6 Å². The van der Waals surface area contributed by atoms with Gasteiger partial charge in [-0.2, -0.15) is 11.8 Å². The van der Waals surface area contributed by atoms with E-state index >= 15 is 0 Å². The molecule has 3 unspecified atom stereocenters. The number of carbonyl (C=O) groups is 7. The number of carbonyl (C=O) groups excluding carboxylic acids is 6. The van der Waals surface area contributed by atoms with Crippen LogP contribution in [0.2, 0.25) is 0 Å². The van der Waals surface area contributed by atoms with E-state index in [0.717, 1.165) is 130 Å². The maximum atomic E-state index is 11.5. The molecule has 0 bridgehead atoms. The molecule has 0 aromatic rings. The Morgan fingerprint density at radius 2 is 0.722 bits per heavy atom. The predicted octanol–water partition coefficient (Wildman–Crippen LogP) is 8.97. The Morgan fingerprint density at radius 3 is 0.959 bits per heavy atom. The van der Waals surface area contributed by atoms with Crippen molar-refractivity contribution in [1.29, 1.82) is 0 Å². The topological polar surface area (TPSA) is 410 Å². The molecule has 6 amide bonds. The van der Waals surface area contributed by atoms with Gasteiger partial charge in [-0.3, -0.25) is 9.59 Å². The van der Waals surface area contributed by atoms with Gasteiger partial charge in [-0.05, 0) is 252 Å². The van der Waals surface area contributed by atoms with Crippen LogP contribution in [0.15, 0.2) is 0 Å². The van der Waals surface area contributed by atoms with Crippen molar-refractivity contribution in [1.82, 2.24) is 53.2 Å². The molecule has 0 spiro atoms. The Bertz CT molecular complexity index is 1860. The number of thioether (sulfide) groups is 1. The summed E-state index contributed by atoms with van der Waals surface area (Å²) in [5.74, 6) is -1.09. The van der Waals surface area contributed by atoms with Crippen molar-refractivity contribution in [3.05, 3.63) is 0 Å². The maximum Gasteiger partial charge on any atom is 0.408 e. The SMILES string of the molecule is C.C.C.C.CC(C)(C)OC(=O)NC1CCCNC1=O.CC(C)(C)OC(=O)N[C@@H]1CCCCNC1.CC(C)(C)OC(=O)N[C@@H]1CCCNC1.CC(C)(C)OC(=O)N[C@H]1CCCCNC1.CC(C)(C)OC(=O)N[C@H]1CCCNC1.CC(N)CCCN.CSC.NCCCC(N)C(=O)O.[B]. The Kier molecular flexibility index (Phi) is 68.4. The highest BCUT2D eigenvalue weighted by Gasteiger charge is 2.27. The van der Waals surface area contributed by atoms with E-state index in [2.05, 4.69) is 53.2 Å². The smallest absolute Gasteiger partial charge is 0.408 e. The highest BCUT2D eigenvalue weighted by Crippen LogP contribution is 2.14. The first-order valence-corrected chi connectivity index (χ1v) is 34.9. The molecule has 29 heteroatoms. The van der Waals surface area contributed by atoms with Gasteiger partial charge in [0.2, 0.25) is 5.91 Å². The molecule has 5 heterocycles. The molecule has 5 aliphatic rings. The molecule has 0 aliphatic carbocycles. The molecule has 0 aromatic carbocycles. The Morgan fingerprint density at radius 1 is 0.464 bits per heavy atom. The number of nitrogens with two attached hydrogens (primary N) is 4. The lowest BCUT2D eigenvalue weighted by Crippen LogP contribution is -2.51. The number of rotatable bonds is 12. The first-order valence-electron chi connectivity index (χ1n) is 33.3. The summed E-state index contributed by atoms with van der Waals surface area (Å²) < 4.78 is 25.8. The third kappa shape index (κ3) is 77.0. The molecule has 0 saturated carbocycles. The number of carboxylic acid groups (broad SMARTS) is 1. The van der Waals surface area contributed by atoms with Gasteiger partial charge in [0, 0.05) is 71.3 Å². The molecule has 5 fully saturated rings. The average molecular weight is 1410 g/mol. The van der Waals surface area contributed by atoms with Crippen LogP contribution in [0.5, 0.6) is 0 Å². The van der Waals surface area contributed by atoms with Crippen LogP contribution in [-0.2, 0) is 33.3 Å². The van der Waals surface area contributed by atoms with Crippen LogP contribution >= 0.6 is 11.8 Å². The minimum atomic E-state index is -0.955. The minimum absolute atomic E-state index is 0. The Hall–Kier alpha value is -4.62. The van der Waals surface area contributed by atoms with Crippen LogP contribution in [0, 0.1) is 0 Å². The number of amides is 6. The Labute approximate surface area is 596 Å². The molecule has 5 saturated heterocycles. The van der Waals surface area contributed by atoms with Crippen molar-refractivity contribution in [3.8, 4) is 0 Å². The first-order chi connectivity index (χ1) is 42.6. The molecule has 27 nitrogen and oxygen atoms in total. The lowest BCUT2D eigenvalue weighted by atomic mass is 10.1. The van der Waals surface area contributed by atoms with Crippen molar-refractivity contribution in [2.24, 2.45) is 22.9 Å². The number of alkyl carbamates (subject to hydrolysis) is 5. The number of nitrogens with one attached hydrogen (secondary N) is 10. The van der Waals surface area contributed by atoms with Gasteiger partial charge in [-0.15, -0.1) is 0 Å². The zero-order chi connectivity index (χ0) is 71.0. The monoisotopic (exact) mass is 1410 g/mol. The fourth-order valence-electron chi connectivity index (χ4n) is 8.39.